The summed E-state index contributed by atoms with van der Waals surface area (Å²) >= 11 is 1.16. The smallest absolute Gasteiger partial charge is 0.254 e. The van der Waals surface area contributed by atoms with Gasteiger partial charge in [0.25, 0.3) is 5.91 Å². The lowest BCUT2D eigenvalue weighted by Crippen LogP contribution is -2.60. The maximum absolute atomic E-state index is 12.8. The van der Waals surface area contributed by atoms with Gasteiger partial charge in [-0.05, 0) is 30.3 Å². The summed E-state index contributed by atoms with van der Waals surface area (Å²) in [6.45, 7) is 7.88. The van der Waals surface area contributed by atoms with Crippen molar-refractivity contribution in [2.45, 2.75) is 32.2 Å². The van der Waals surface area contributed by atoms with Gasteiger partial charge in [0.15, 0.2) is 5.82 Å². The molecule has 4 rings (SSSR count). The predicted molar refractivity (Wildman–Crippen MR) is 106 cm³/mol. The van der Waals surface area contributed by atoms with Gasteiger partial charge in [-0.2, -0.15) is 13.8 Å². The Balaban J connectivity index is 1.40. The SMILES string of the molecule is CN(C(=O)c1ccc2nsnc2c1)C1CN(c2ccc(C(C)(C)C)nn2)C1. The van der Waals surface area contributed by atoms with Crippen LogP contribution in [0.2, 0.25) is 0 Å². The number of hydrogen-bond donors (Lipinski definition) is 0. The molecule has 3 aromatic rings. The molecule has 1 aromatic carbocycles. The molecule has 1 saturated heterocycles. The Kier molecular flexibility index (Phi) is 4.30. The standard InChI is InChI=1S/C19H22N6OS/c1-19(2,3)16-7-8-17(21-20-16)25-10-13(11-25)24(4)18(26)12-5-6-14-15(9-12)23-27-22-14/h5-9,13H,10-11H2,1-4H3. The first-order valence-electron chi connectivity index (χ1n) is 8.91. The lowest BCUT2D eigenvalue weighted by Gasteiger charge is -2.44. The monoisotopic (exact) mass is 382 g/mol. The molecule has 0 atom stereocenters. The highest BCUT2D eigenvalue weighted by Gasteiger charge is 2.34. The molecular formula is C19H22N6OS. The van der Waals surface area contributed by atoms with Crippen molar-refractivity contribution in [2.24, 2.45) is 0 Å². The number of carbonyl (C=O) groups excluding carboxylic acids is 1. The Morgan fingerprint density at radius 1 is 1.11 bits per heavy atom. The Bertz CT molecular complexity index is 972. The molecule has 0 radical (unpaired) electrons. The third-order valence-corrected chi connectivity index (χ3v) is 5.53. The van der Waals surface area contributed by atoms with Crippen LogP contribution in [0.5, 0.6) is 0 Å². The minimum Gasteiger partial charge on any atom is -0.351 e. The van der Waals surface area contributed by atoms with Gasteiger partial charge in [0.2, 0.25) is 0 Å². The second-order valence-electron chi connectivity index (χ2n) is 7.97. The summed E-state index contributed by atoms with van der Waals surface area (Å²) in [5, 5.41) is 8.70. The lowest BCUT2D eigenvalue weighted by molar-refractivity contribution is 0.0705. The molecule has 1 aliphatic rings. The highest BCUT2D eigenvalue weighted by Crippen LogP contribution is 2.25. The van der Waals surface area contributed by atoms with Gasteiger partial charge in [0, 0.05) is 31.1 Å². The molecule has 0 N–H and O–H groups in total. The fraction of sp³-hybridized carbons (Fsp3) is 0.421. The summed E-state index contributed by atoms with van der Waals surface area (Å²) < 4.78 is 8.39. The van der Waals surface area contributed by atoms with Crippen LogP contribution < -0.4 is 4.90 Å². The van der Waals surface area contributed by atoms with Crippen molar-refractivity contribution in [3.05, 3.63) is 41.6 Å². The van der Waals surface area contributed by atoms with E-state index in [1.165, 1.54) is 0 Å². The molecule has 8 heteroatoms. The van der Waals surface area contributed by atoms with Crippen LogP contribution >= 0.6 is 11.7 Å². The van der Waals surface area contributed by atoms with E-state index in [1.54, 1.807) is 4.90 Å². The maximum atomic E-state index is 12.8. The first kappa shape index (κ1) is 17.8. The topological polar surface area (TPSA) is 75.1 Å². The zero-order chi connectivity index (χ0) is 19.2. The number of aromatic nitrogens is 4. The fourth-order valence-electron chi connectivity index (χ4n) is 3.07. The third-order valence-electron chi connectivity index (χ3n) is 4.97. The van der Waals surface area contributed by atoms with Gasteiger partial charge in [-0.25, -0.2) is 0 Å². The average Bonchev–Trinajstić information content (AvgIpc) is 3.07. The van der Waals surface area contributed by atoms with Crippen LogP contribution in [0, 0.1) is 0 Å². The van der Waals surface area contributed by atoms with E-state index >= 15 is 0 Å². The minimum absolute atomic E-state index is 0.00344. The quantitative estimate of drug-likeness (QED) is 0.693. The Hall–Kier alpha value is -2.61. The lowest BCUT2D eigenvalue weighted by atomic mass is 9.92. The summed E-state index contributed by atoms with van der Waals surface area (Å²) in [6.07, 6.45) is 0. The summed E-state index contributed by atoms with van der Waals surface area (Å²) in [6, 6.07) is 9.67. The summed E-state index contributed by atoms with van der Waals surface area (Å²) in [5.41, 5.74) is 3.20. The van der Waals surface area contributed by atoms with Gasteiger partial charge >= 0.3 is 0 Å². The molecule has 0 bridgehead atoms. The minimum atomic E-state index is -0.0103. The number of hydrogen-bond acceptors (Lipinski definition) is 7. The molecule has 0 saturated carbocycles. The molecule has 7 nitrogen and oxygen atoms in total. The largest absolute Gasteiger partial charge is 0.351 e. The zero-order valence-electron chi connectivity index (χ0n) is 15.9. The number of benzene rings is 1. The van der Waals surface area contributed by atoms with Gasteiger partial charge in [-0.15, -0.1) is 5.10 Å². The number of fused-ring (bicyclic) bond motifs is 1. The van der Waals surface area contributed by atoms with Gasteiger partial charge in [0.1, 0.15) is 11.0 Å². The van der Waals surface area contributed by atoms with Gasteiger partial charge < -0.3 is 9.80 Å². The second-order valence-corrected chi connectivity index (χ2v) is 8.50. The zero-order valence-corrected chi connectivity index (χ0v) is 16.7. The third kappa shape index (κ3) is 3.37. The van der Waals surface area contributed by atoms with Gasteiger partial charge in [-0.1, -0.05) is 20.8 Å². The van der Waals surface area contributed by atoms with E-state index < -0.39 is 0 Å². The van der Waals surface area contributed by atoms with Crippen molar-refractivity contribution >= 4 is 34.5 Å². The Morgan fingerprint density at radius 3 is 2.52 bits per heavy atom. The number of anilines is 1. The van der Waals surface area contributed by atoms with E-state index in [4.69, 9.17) is 0 Å². The molecule has 0 aliphatic carbocycles. The maximum Gasteiger partial charge on any atom is 0.254 e. The summed E-state index contributed by atoms with van der Waals surface area (Å²) in [5.74, 6) is 0.860. The molecule has 2 aromatic heterocycles. The summed E-state index contributed by atoms with van der Waals surface area (Å²) in [7, 11) is 1.85. The highest BCUT2D eigenvalue weighted by molar-refractivity contribution is 7.00. The van der Waals surface area contributed by atoms with Gasteiger partial charge in [0.05, 0.1) is 23.5 Å². The van der Waals surface area contributed by atoms with Crippen LogP contribution in [0.15, 0.2) is 30.3 Å². The number of nitrogens with zero attached hydrogens (tertiary/aromatic N) is 6. The van der Waals surface area contributed by atoms with Crippen molar-refractivity contribution in [1.29, 1.82) is 0 Å². The molecule has 0 spiro atoms. The van der Waals surface area contributed by atoms with Crippen LogP contribution in [0.1, 0.15) is 36.8 Å². The van der Waals surface area contributed by atoms with E-state index in [9.17, 15) is 4.79 Å². The molecule has 140 valence electrons. The van der Waals surface area contributed by atoms with E-state index in [0.717, 1.165) is 47.4 Å². The number of rotatable bonds is 3. The number of carbonyl (C=O) groups is 1. The molecule has 1 aliphatic heterocycles. The van der Waals surface area contributed by atoms with E-state index in [-0.39, 0.29) is 17.4 Å². The van der Waals surface area contributed by atoms with Crippen LogP contribution in [0.4, 0.5) is 5.82 Å². The van der Waals surface area contributed by atoms with Crippen LogP contribution in [-0.4, -0.2) is 55.9 Å². The summed E-state index contributed by atoms with van der Waals surface area (Å²) in [4.78, 5) is 16.7. The predicted octanol–water partition coefficient (Wildman–Crippen LogP) is 2.74. The molecule has 0 unspecified atom stereocenters. The molecule has 3 heterocycles. The van der Waals surface area contributed by atoms with Crippen molar-refractivity contribution in [3.8, 4) is 0 Å². The van der Waals surface area contributed by atoms with Crippen molar-refractivity contribution in [2.75, 3.05) is 25.0 Å². The Labute approximate surface area is 162 Å². The van der Waals surface area contributed by atoms with Crippen LogP contribution in [0.25, 0.3) is 11.0 Å². The normalized spacial score (nSPS) is 15.0. The van der Waals surface area contributed by atoms with E-state index in [1.807, 2.05) is 37.4 Å². The van der Waals surface area contributed by atoms with Crippen molar-refractivity contribution in [3.63, 3.8) is 0 Å². The molecule has 27 heavy (non-hydrogen) atoms. The molecule has 1 fully saturated rings. The van der Waals surface area contributed by atoms with Crippen LogP contribution in [0.3, 0.4) is 0 Å². The molecular weight excluding hydrogens is 360 g/mol. The number of likely N-dealkylation sites (N-methyl/N-ethyl adjacent to an activating group) is 1. The first-order valence-corrected chi connectivity index (χ1v) is 9.64. The van der Waals surface area contributed by atoms with E-state index in [2.05, 4.69) is 44.6 Å². The van der Waals surface area contributed by atoms with E-state index in [0.29, 0.717) is 5.56 Å². The van der Waals surface area contributed by atoms with Crippen LogP contribution in [-0.2, 0) is 5.41 Å². The average molecular weight is 382 g/mol. The van der Waals surface area contributed by atoms with Crippen molar-refractivity contribution in [1.82, 2.24) is 23.8 Å². The van der Waals surface area contributed by atoms with Gasteiger partial charge in [-0.3, -0.25) is 4.79 Å². The fourth-order valence-corrected chi connectivity index (χ4v) is 3.58. The van der Waals surface area contributed by atoms with Crippen molar-refractivity contribution < 1.29 is 4.79 Å². The first-order chi connectivity index (χ1) is 12.8. The molecule has 1 amide bonds. The number of amides is 1. The Morgan fingerprint density at radius 2 is 1.85 bits per heavy atom. The highest BCUT2D eigenvalue weighted by atomic mass is 32.1. The second kappa shape index (κ2) is 6.53.